The number of alkyl halides is 1. The van der Waals surface area contributed by atoms with E-state index in [9.17, 15) is 0 Å². The Labute approximate surface area is 116 Å². The summed E-state index contributed by atoms with van der Waals surface area (Å²) < 4.78 is 10.3. The van der Waals surface area contributed by atoms with Crippen molar-refractivity contribution in [3.63, 3.8) is 0 Å². The summed E-state index contributed by atoms with van der Waals surface area (Å²) in [6.45, 7) is 0. The van der Waals surface area contributed by atoms with Gasteiger partial charge in [-0.3, -0.25) is 0 Å². The number of hydrogen-bond acceptors (Lipinski definition) is 4. The Kier molecular flexibility index (Phi) is 5.18. The average Bonchev–Trinajstić information content (AvgIpc) is 2.37. The van der Waals surface area contributed by atoms with E-state index < -0.39 is 0 Å². The number of amidine groups is 1. The Morgan fingerprint density at radius 1 is 1.28 bits per heavy atom. The van der Waals surface area contributed by atoms with Gasteiger partial charge in [0.2, 0.25) is 0 Å². The van der Waals surface area contributed by atoms with Gasteiger partial charge < -0.3 is 20.9 Å². The number of aliphatic imine (C=N–C) groups is 1. The molecule has 0 heterocycles. The highest BCUT2D eigenvalue weighted by atomic mass is 35.5. The van der Waals surface area contributed by atoms with E-state index in [2.05, 4.69) is 4.99 Å². The number of thiocarbonyl (C=S) groups is 1. The SMILES string of the molecule is COc1cc(N=C(N)CCl)c(C(N)=S)cc1OC. The molecule has 98 valence electrons. The van der Waals surface area contributed by atoms with Crippen molar-refractivity contribution in [1.82, 2.24) is 0 Å². The second kappa shape index (κ2) is 6.42. The van der Waals surface area contributed by atoms with Crippen LogP contribution >= 0.6 is 23.8 Å². The molecule has 0 aliphatic heterocycles. The number of halogens is 1. The highest BCUT2D eigenvalue weighted by molar-refractivity contribution is 7.80. The Morgan fingerprint density at radius 2 is 1.83 bits per heavy atom. The number of methoxy groups -OCH3 is 2. The summed E-state index contributed by atoms with van der Waals surface area (Å²) in [5.41, 5.74) is 12.3. The fourth-order valence-electron chi connectivity index (χ4n) is 1.34. The molecule has 18 heavy (non-hydrogen) atoms. The molecule has 0 spiro atoms. The third-order valence-corrected chi connectivity index (χ3v) is 2.66. The molecule has 0 saturated carbocycles. The third-order valence-electron chi connectivity index (χ3n) is 2.17. The normalized spacial score (nSPS) is 11.2. The minimum absolute atomic E-state index is 0.116. The summed E-state index contributed by atoms with van der Waals surface area (Å²) in [5.74, 6) is 1.41. The van der Waals surface area contributed by atoms with Crippen LogP contribution in [-0.4, -0.2) is 30.9 Å². The predicted octanol–water partition coefficient (Wildman–Crippen LogP) is 1.57. The molecule has 0 aliphatic carbocycles. The smallest absolute Gasteiger partial charge is 0.162 e. The fraction of sp³-hybridized carbons (Fsp3) is 0.273. The molecule has 1 aromatic carbocycles. The molecule has 0 saturated heterocycles. The predicted molar refractivity (Wildman–Crippen MR) is 77.4 cm³/mol. The number of nitrogens with zero attached hydrogens (tertiary/aromatic N) is 1. The van der Waals surface area contributed by atoms with Crippen LogP contribution in [0.15, 0.2) is 17.1 Å². The lowest BCUT2D eigenvalue weighted by molar-refractivity contribution is 0.355. The summed E-state index contributed by atoms with van der Waals surface area (Å²) in [6.07, 6.45) is 0. The highest BCUT2D eigenvalue weighted by Gasteiger charge is 2.12. The maximum atomic E-state index is 5.64. The summed E-state index contributed by atoms with van der Waals surface area (Å²) in [7, 11) is 3.05. The molecule has 0 unspecified atom stereocenters. The van der Waals surface area contributed by atoms with Gasteiger partial charge >= 0.3 is 0 Å². The van der Waals surface area contributed by atoms with Crippen molar-refractivity contribution < 1.29 is 9.47 Å². The minimum atomic E-state index is 0.116. The van der Waals surface area contributed by atoms with E-state index in [1.54, 1.807) is 12.1 Å². The molecule has 5 nitrogen and oxygen atoms in total. The number of rotatable bonds is 5. The van der Waals surface area contributed by atoms with Crippen molar-refractivity contribution in [2.45, 2.75) is 0 Å². The molecule has 4 N–H and O–H groups in total. The molecule has 0 atom stereocenters. The molecule has 0 aromatic heterocycles. The number of benzene rings is 1. The van der Waals surface area contributed by atoms with E-state index in [0.717, 1.165) is 0 Å². The largest absolute Gasteiger partial charge is 0.493 e. The minimum Gasteiger partial charge on any atom is -0.493 e. The molecule has 7 heteroatoms. The van der Waals surface area contributed by atoms with Gasteiger partial charge in [0.25, 0.3) is 0 Å². The van der Waals surface area contributed by atoms with Crippen LogP contribution in [0.2, 0.25) is 0 Å². The molecule has 0 aliphatic rings. The van der Waals surface area contributed by atoms with Crippen LogP contribution in [-0.2, 0) is 0 Å². The summed E-state index contributed by atoms with van der Waals surface area (Å²) in [5, 5.41) is 0. The van der Waals surface area contributed by atoms with Crippen molar-refractivity contribution in [2.24, 2.45) is 16.5 Å². The second-order valence-electron chi connectivity index (χ2n) is 3.33. The van der Waals surface area contributed by atoms with Gasteiger partial charge in [-0.25, -0.2) is 4.99 Å². The number of ether oxygens (including phenoxy) is 2. The van der Waals surface area contributed by atoms with Crippen molar-refractivity contribution in [3.8, 4) is 11.5 Å². The van der Waals surface area contributed by atoms with Gasteiger partial charge in [0.05, 0.1) is 25.8 Å². The van der Waals surface area contributed by atoms with E-state index in [1.165, 1.54) is 14.2 Å². The quantitative estimate of drug-likeness (QED) is 0.372. The third kappa shape index (κ3) is 3.24. The van der Waals surface area contributed by atoms with E-state index in [-0.39, 0.29) is 16.7 Å². The summed E-state index contributed by atoms with van der Waals surface area (Å²) in [6, 6.07) is 3.30. The van der Waals surface area contributed by atoms with Gasteiger partial charge in [0, 0.05) is 11.6 Å². The first-order chi connectivity index (χ1) is 8.53. The van der Waals surface area contributed by atoms with Gasteiger partial charge in [-0.1, -0.05) is 12.2 Å². The first kappa shape index (κ1) is 14.5. The molecule has 0 bridgehead atoms. The van der Waals surface area contributed by atoms with Crippen LogP contribution in [0.25, 0.3) is 0 Å². The Balaban J connectivity index is 3.43. The fourth-order valence-corrected chi connectivity index (χ4v) is 1.57. The Morgan fingerprint density at radius 3 is 2.28 bits per heavy atom. The molecule has 0 amide bonds. The number of nitrogens with two attached hydrogens (primary N) is 2. The van der Waals surface area contributed by atoms with E-state index in [0.29, 0.717) is 22.7 Å². The molecule has 0 fully saturated rings. The first-order valence-electron chi connectivity index (χ1n) is 4.98. The van der Waals surface area contributed by atoms with Gasteiger partial charge in [0.15, 0.2) is 11.5 Å². The standard InChI is InChI=1S/C11H14ClN3O2S/c1-16-8-3-6(11(14)18)7(4-9(8)17-2)15-10(13)5-12/h3-4H,5H2,1-2H3,(H2,13,15)(H2,14,18). The van der Waals surface area contributed by atoms with Gasteiger partial charge in [-0.2, -0.15) is 0 Å². The molecular weight excluding hydrogens is 274 g/mol. The van der Waals surface area contributed by atoms with E-state index in [1.807, 2.05) is 0 Å². The lowest BCUT2D eigenvalue weighted by Crippen LogP contribution is -2.14. The summed E-state index contributed by atoms with van der Waals surface area (Å²) in [4.78, 5) is 4.33. The summed E-state index contributed by atoms with van der Waals surface area (Å²) >= 11 is 10.6. The lowest BCUT2D eigenvalue weighted by atomic mass is 10.1. The lowest BCUT2D eigenvalue weighted by Gasteiger charge is -2.12. The first-order valence-corrected chi connectivity index (χ1v) is 5.92. The highest BCUT2D eigenvalue weighted by Crippen LogP contribution is 2.34. The maximum absolute atomic E-state index is 5.64. The molecular formula is C11H14ClN3O2S. The molecule has 0 radical (unpaired) electrons. The zero-order chi connectivity index (χ0) is 13.7. The molecule has 1 rings (SSSR count). The second-order valence-corrected chi connectivity index (χ2v) is 4.03. The van der Waals surface area contributed by atoms with Crippen LogP contribution in [0.4, 0.5) is 5.69 Å². The van der Waals surface area contributed by atoms with Crippen molar-refractivity contribution in [3.05, 3.63) is 17.7 Å². The van der Waals surface area contributed by atoms with Crippen LogP contribution in [0.5, 0.6) is 11.5 Å². The number of hydrogen-bond donors (Lipinski definition) is 2. The van der Waals surface area contributed by atoms with Crippen LogP contribution in [0, 0.1) is 0 Å². The topological polar surface area (TPSA) is 82.9 Å². The molecule has 1 aromatic rings. The average molecular weight is 288 g/mol. The zero-order valence-electron chi connectivity index (χ0n) is 10.1. The van der Waals surface area contributed by atoms with Gasteiger partial charge in [-0.05, 0) is 6.07 Å². The van der Waals surface area contributed by atoms with Crippen LogP contribution < -0.4 is 20.9 Å². The van der Waals surface area contributed by atoms with E-state index in [4.69, 9.17) is 44.8 Å². The van der Waals surface area contributed by atoms with Crippen LogP contribution in [0.3, 0.4) is 0 Å². The Bertz CT molecular complexity index is 491. The monoisotopic (exact) mass is 287 g/mol. The van der Waals surface area contributed by atoms with Crippen molar-refractivity contribution in [2.75, 3.05) is 20.1 Å². The van der Waals surface area contributed by atoms with Crippen molar-refractivity contribution in [1.29, 1.82) is 0 Å². The Hall–Kier alpha value is -1.53. The van der Waals surface area contributed by atoms with Gasteiger partial charge in [-0.15, -0.1) is 11.6 Å². The zero-order valence-corrected chi connectivity index (χ0v) is 11.6. The van der Waals surface area contributed by atoms with Crippen LogP contribution in [0.1, 0.15) is 5.56 Å². The van der Waals surface area contributed by atoms with Crippen molar-refractivity contribution >= 4 is 40.3 Å². The maximum Gasteiger partial charge on any atom is 0.162 e. The van der Waals surface area contributed by atoms with Gasteiger partial charge in [0.1, 0.15) is 10.8 Å². The van der Waals surface area contributed by atoms with E-state index >= 15 is 0 Å².